The van der Waals surface area contributed by atoms with E-state index in [0.717, 1.165) is 34.0 Å². The van der Waals surface area contributed by atoms with Gasteiger partial charge in [0.1, 0.15) is 15.5 Å². The number of halogens is 1. The molecule has 0 unspecified atom stereocenters. The SMILES string of the molecule is CCCc1nc(Br)cc(Sc2nccc(C)n2)n1. The van der Waals surface area contributed by atoms with Gasteiger partial charge >= 0.3 is 0 Å². The molecular formula is C12H13BrN4S. The number of hydrogen-bond acceptors (Lipinski definition) is 5. The summed E-state index contributed by atoms with van der Waals surface area (Å²) in [6, 6.07) is 3.76. The molecule has 0 fully saturated rings. The predicted molar refractivity (Wildman–Crippen MR) is 74.6 cm³/mol. The third-order valence-electron chi connectivity index (χ3n) is 2.16. The molecule has 0 saturated heterocycles. The zero-order valence-electron chi connectivity index (χ0n) is 10.2. The van der Waals surface area contributed by atoms with E-state index in [1.54, 1.807) is 6.20 Å². The smallest absolute Gasteiger partial charge is 0.194 e. The molecular weight excluding hydrogens is 312 g/mol. The first-order chi connectivity index (χ1) is 8.67. The molecule has 94 valence electrons. The summed E-state index contributed by atoms with van der Waals surface area (Å²) < 4.78 is 0.802. The molecule has 2 aromatic heterocycles. The average Bonchev–Trinajstić information content (AvgIpc) is 2.28. The van der Waals surface area contributed by atoms with Crippen molar-refractivity contribution in [1.29, 1.82) is 0 Å². The molecule has 0 N–H and O–H groups in total. The maximum absolute atomic E-state index is 4.49. The third kappa shape index (κ3) is 3.74. The molecule has 0 bridgehead atoms. The summed E-state index contributed by atoms with van der Waals surface area (Å²) in [4.78, 5) is 17.4. The highest BCUT2D eigenvalue weighted by Gasteiger charge is 2.06. The van der Waals surface area contributed by atoms with E-state index in [2.05, 4.69) is 42.8 Å². The minimum absolute atomic E-state index is 0.711. The molecule has 0 radical (unpaired) electrons. The Morgan fingerprint density at radius 1 is 1.28 bits per heavy atom. The van der Waals surface area contributed by atoms with Gasteiger partial charge in [0.15, 0.2) is 5.16 Å². The van der Waals surface area contributed by atoms with Crippen molar-refractivity contribution in [3.63, 3.8) is 0 Å². The molecule has 0 amide bonds. The van der Waals surface area contributed by atoms with E-state index < -0.39 is 0 Å². The van der Waals surface area contributed by atoms with Crippen LogP contribution in [-0.4, -0.2) is 19.9 Å². The Labute approximate surface area is 119 Å². The van der Waals surface area contributed by atoms with Crippen LogP contribution in [0.25, 0.3) is 0 Å². The highest BCUT2D eigenvalue weighted by molar-refractivity contribution is 9.10. The van der Waals surface area contributed by atoms with Gasteiger partial charge in [-0.05, 0) is 47.1 Å². The number of hydrogen-bond donors (Lipinski definition) is 0. The second-order valence-corrected chi connectivity index (χ2v) is 5.58. The van der Waals surface area contributed by atoms with Gasteiger partial charge in [-0.3, -0.25) is 0 Å². The monoisotopic (exact) mass is 324 g/mol. The van der Waals surface area contributed by atoms with Crippen LogP contribution < -0.4 is 0 Å². The van der Waals surface area contributed by atoms with Gasteiger partial charge in [-0.1, -0.05) is 6.92 Å². The van der Waals surface area contributed by atoms with Crippen LogP contribution in [0.2, 0.25) is 0 Å². The van der Waals surface area contributed by atoms with Crippen molar-refractivity contribution in [2.45, 2.75) is 36.9 Å². The van der Waals surface area contributed by atoms with Crippen LogP contribution in [0.3, 0.4) is 0 Å². The van der Waals surface area contributed by atoms with Gasteiger partial charge in [-0.2, -0.15) is 0 Å². The van der Waals surface area contributed by atoms with Crippen molar-refractivity contribution < 1.29 is 0 Å². The van der Waals surface area contributed by atoms with Crippen molar-refractivity contribution in [2.75, 3.05) is 0 Å². The largest absolute Gasteiger partial charge is 0.231 e. The lowest BCUT2D eigenvalue weighted by Crippen LogP contribution is -1.97. The van der Waals surface area contributed by atoms with Crippen LogP contribution in [0.1, 0.15) is 24.9 Å². The molecule has 0 aliphatic rings. The van der Waals surface area contributed by atoms with Crippen molar-refractivity contribution in [1.82, 2.24) is 19.9 Å². The summed E-state index contributed by atoms with van der Waals surface area (Å²) in [6.07, 6.45) is 3.66. The molecule has 0 aliphatic heterocycles. The summed E-state index contributed by atoms with van der Waals surface area (Å²) in [6.45, 7) is 4.06. The number of rotatable bonds is 4. The first kappa shape index (κ1) is 13.4. The minimum Gasteiger partial charge on any atom is -0.231 e. The van der Waals surface area contributed by atoms with Crippen molar-refractivity contribution in [3.05, 3.63) is 34.5 Å². The maximum Gasteiger partial charge on any atom is 0.194 e. The van der Waals surface area contributed by atoms with E-state index in [9.17, 15) is 0 Å². The van der Waals surface area contributed by atoms with Crippen LogP contribution in [-0.2, 0) is 6.42 Å². The second-order valence-electron chi connectivity index (χ2n) is 3.78. The summed E-state index contributed by atoms with van der Waals surface area (Å²) in [7, 11) is 0. The van der Waals surface area contributed by atoms with Gasteiger partial charge in [-0.25, -0.2) is 19.9 Å². The van der Waals surface area contributed by atoms with Crippen LogP contribution in [0.4, 0.5) is 0 Å². The van der Waals surface area contributed by atoms with Gasteiger partial charge in [0.25, 0.3) is 0 Å². The van der Waals surface area contributed by atoms with E-state index in [1.165, 1.54) is 11.8 Å². The normalized spacial score (nSPS) is 10.6. The van der Waals surface area contributed by atoms with E-state index in [1.807, 2.05) is 19.1 Å². The molecule has 0 aromatic carbocycles. The quantitative estimate of drug-likeness (QED) is 0.637. The van der Waals surface area contributed by atoms with Gasteiger partial charge in [-0.15, -0.1) is 0 Å². The van der Waals surface area contributed by atoms with E-state index >= 15 is 0 Å². The van der Waals surface area contributed by atoms with Gasteiger partial charge in [0.2, 0.25) is 0 Å². The topological polar surface area (TPSA) is 51.6 Å². The molecule has 2 rings (SSSR count). The Balaban J connectivity index is 2.23. The number of nitrogens with zero attached hydrogens (tertiary/aromatic N) is 4. The zero-order chi connectivity index (χ0) is 13.0. The first-order valence-electron chi connectivity index (χ1n) is 5.68. The van der Waals surface area contributed by atoms with E-state index in [4.69, 9.17) is 0 Å². The Morgan fingerprint density at radius 3 is 2.83 bits per heavy atom. The lowest BCUT2D eigenvalue weighted by Gasteiger charge is -2.03. The highest BCUT2D eigenvalue weighted by Crippen LogP contribution is 2.24. The Kier molecular flexibility index (Phi) is 4.66. The standard InChI is InChI=1S/C12H13BrN4S/c1-3-4-10-16-9(13)7-11(17-10)18-12-14-6-5-8(2)15-12/h5-7H,3-4H2,1-2H3. The van der Waals surface area contributed by atoms with Crippen LogP contribution >= 0.6 is 27.7 Å². The summed E-state index contributed by atoms with van der Waals surface area (Å²) in [5.74, 6) is 0.849. The first-order valence-corrected chi connectivity index (χ1v) is 7.29. The van der Waals surface area contributed by atoms with Crippen LogP contribution in [0.15, 0.2) is 33.1 Å². The third-order valence-corrected chi connectivity index (χ3v) is 3.36. The fourth-order valence-corrected chi connectivity index (χ4v) is 2.78. The minimum atomic E-state index is 0.711. The average molecular weight is 325 g/mol. The van der Waals surface area contributed by atoms with Crippen molar-refractivity contribution >= 4 is 27.7 Å². The van der Waals surface area contributed by atoms with E-state index in [-0.39, 0.29) is 0 Å². The molecule has 6 heteroatoms. The summed E-state index contributed by atoms with van der Waals surface area (Å²) >= 11 is 4.86. The Bertz CT molecular complexity index is 547. The Hall–Kier alpha value is -1.01. The number of aromatic nitrogens is 4. The zero-order valence-corrected chi connectivity index (χ0v) is 12.6. The predicted octanol–water partition coefficient (Wildman–Crippen LogP) is 3.44. The van der Waals surface area contributed by atoms with Gasteiger partial charge in [0.05, 0.1) is 0 Å². The lowest BCUT2D eigenvalue weighted by atomic mass is 10.3. The molecule has 0 atom stereocenters. The molecule has 2 aromatic rings. The molecule has 0 aliphatic carbocycles. The van der Waals surface area contributed by atoms with E-state index in [0.29, 0.717) is 5.16 Å². The number of aryl methyl sites for hydroxylation is 2. The second kappa shape index (κ2) is 6.24. The summed E-state index contributed by atoms with van der Waals surface area (Å²) in [5, 5.41) is 1.58. The fourth-order valence-electron chi connectivity index (χ4n) is 1.40. The van der Waals surface area contributed by atoms with Crippen molar-refractivity contribution in [2.24, 2.45) is 0 Å². The van der Waals surface area contributed by atoms with Gasteiger partial charge < -0.3 is 0 Å². The van der Waals surface area contributed by atoms with Gasteiger partial charge in [0, 0.05) is 24.4 Å². The van der Waals surface area contributed by atoms with Crippen LogP contribution in [0.5, 0.6) is 0 Å². The fraction of sp³-hybridized carbons (Fsp3) is 0.333. The van der Waals surface area contributed by atoms with Crippen molar-refractivity contribution in [3.8, 4) is 0 Å². The summed E-state index contributed by atoms with van der Waals surface area (Å²) in [5.41, 5.74) is 0.953. The van der Waals surface area contributed by atoms with Crippen LogP contribution in [0, 0.1) is 6.92 Å². The molecule has 4 nitrogen and oxygen atoms in total. The maximum atomic E-state index is 4.49. The molecule has 18 heavy (non-hydrogen) atoms. The Morgan fingerprint density at radius 2 is 2.11 bits per heavy atom. The molecule has 2 heterocycles. The lowest BCUT2D eigenvalue weighted by molar-refractivity contribution is 0.801. The highest BCUT2D eigenvalue weighted by atomic mass is 79.9. The molecule has 0 spiro atoms. The molecule has 0 saturated carbocycles.